The molecule has 0 heterocycles. The molecule has 0 bridgehead atoms. The van der Waals surface area contributed by atoms with E-state index in [9.17, 15) is 28.8 Å². The quantitative estimate of drug-likeness (QED) is 0.0300. The Morgan fingerprint density at radius 3 is 1.74 bits per heavy atom. The summed E-state index contributed by atoms with van der Waals surface area (Å²) in [5.74, 6) is -2.03. The molecule has 0 aliphatic rings. The van der Waals surface area contributed by atoms with Crippen molar-refractivity contribution in [2.75, 3.05) is 72.5 Å². The molecule has 42 heavy (non-hydrogen) atoms. The van der Waals surface area contributed by atoms with Gasteiger partial charge in [-0.1, -0.05) is 9.39 Å². The van der Waals surface area contributed by atoms with Crippen LogP contribution in [0, 0.1) is 0 Å². The number of amides is 4. The lowest BCUT2D eigenvalue weighted by molar-refractivity contribution is -0.141. The fraction of sp³-hybridized carbons (Fsp3) is 0.760. The van der Waals surface area contributed by atoms with E-state index in [1.165, 1.54) is 0 Å². The minimum absolute atomic E-state index is 0.0260. The van der Waals surface area contributed by atoms with Crippen molar-refractivity contribution in [3.63, 3.8) is 0 Å². The van der Waals surface area contributed by atoms with Crippen LogP contribution in [0.4, 0.5) is 0 Å². The van der Waals surface area contributed by atoms with Crippen molar-refractivity contribution in [1.82, 2.24) is 26.4 Å². The van der Waals surface area contributed by atoms with E-state index in [2.05, 4.69) is 35.7 Å². The number of Topliss-reactive ketones (excluding diaryl/α,β-unsaturated/α-hetero) is 1. The topological polar surface area (TPSA) is 220 Å². The molecule has 242 valence electrons. The highest BCUT2D eigenvalue weighted by atomic mass is 31.0. The van der Waals surface area contributed by atoms with Crippen LogP contribution in [-0.2, 0) is 47.7 Å². The zero-order valence-corrected chi connectivity index (χ0v) is 25.3. The molecule has 0 spiro atoms. The highest BCUT2D eigenvalue weighted by Crippen LogP contribution is 2.03. The first kappa shape index (κ1) is 39.2. The second-order valence-corrected chi connectivity index (χ2v) is 9.25. The zero-order chi connectivity index (χ0) is 31.4. The lowest BCUT2D eigenvalue weighted by Gasteiger charge is -2.12. The van der Waals surface area contributed by atoms with Gasteiger partial charge in [-0.15, -0.1) is 0 Å². The predicted octanol–water partition coefficient (Wildman–Crippen LogP) is -2.11. The van der Waals surface area contributed by atoms with Gasteiger partial charge in [0.15, 0.2) is 0 Å². The van der Waals surface area contributed by atoms with Crippen LogP contribution < -0.4 is 26.4 Å². The fourth-order valence-electron chi connectivity index (χ4n) is 3.23. The van der Waals surface area contributed by atoms with Crippen LogP contribution >= 0.6 is 9.39 Å². The van der Waals surface area contributed by atoms with Crippen LogP contribution in [0.2, 0.25) is 0 Å². The molecule has 0 aromatic rings. The van der Waals surface area contributed by atoms with Gasteiger partial charge in [0.05, 0.1) is 45.7 Å². The van der Waals surface area contributed by atoms with Crippen molar-refractivity contribution in [2.24, 2.45) is 0 Å². The molecule has 0 rings (SSSR count). The third-order valence-corrected chi connectivity index (χ3v) is 5.91. The Morgan fingerprint density at radius 1 is 0.714 bits per heavy atom. The molecule has 6 N–H and O–H groups in total. The van der Waals surface area contributed by atoms with Crippen molar-refractivity contribution in [3.8, 4) is 0 Å². The van der Waals surface area contributed by atoms with E-state index < -0.39 is 12.0 Å². The maximum absolute atomic E-state index is 11.7. The molecule has 0 fully saturated rings. The highest BCUT2D eigenvalue weighted by molar-refractivity contribution is 7.13. The van der Waals surface area contributed by atoms with Gasteiger partial charge in [0.25, 0.3) is 0 Å². The number of carboxylic acids is 1. The van der Waals surface area contributed by atoms with Crippen molar-refractivity contribution >= 4 is 45.3 Å². The lowest BCUT2D eigenvalue weighted by Crippen LogP contribution is -2.37. The number of ether oxygens (including phenoxy) is 4. The summed E-state index contributed by atoms with van der Waals surface area (Å²) < 4.78 is 21.1. The lowest BCUT2D eigenvalue weighted by atomic mass is 10.1. The first-order chi connectivity index (χ1) is 20.2. The van der Waals surface area contributed by atoms with Crippen LogP contribution in [0.1, 0.15) is 39.0 Å². The van der Waals surface area contributed by atoms with Crippen LogP contribution in [0.3, 0.4) is 0 Å². The normalized spacial score (nSPS) is 12.1. The number of ketones is 1. The summed E-state index contributed by atoms with van der Waals surface area (Å²) in [6.45, 7) is 3.71. The van der Waals surface area contributed by atoms with Gasteiger partial charge in [-0.2, -0.15) is 0 Å². The van der Waals surface area contributed by atoms with E-state index in [1.54, 1.807) is 6.92 Å². The molecular formula is C25H46N5O11P. The molecule has 0 aromatic heterocycles. The van der Waals surface area contributed by atoms with Crippen molar-refractivity contribution in [3.05, 3.63) is 0 Å². The van der Waals surface area contributed by atoms with Gasteiger partial charge in [-0.3, -0.25) is 29.1 Å². The second-order valence-electron chi connectivity index (χ2n) is 8.92. The number of hydrogen-bond acceptors (Lipinski definition) is 11. The number of unbranched alkanes of at least 4 members (excludes halogenated alkanes) is 1. The van der Waals surface area contributed by atoms with Crippen molar-refractivity contribution < 1.29 is 52.8 Å². The summed E-state index contributed by atoms with van der Waals surface area (Å²) >= 11 is 0. The van der Waals surface area contributed by atoms with E-state index >= 15 is 0 Å². The summed E-state index contributed by atoms with van der Waals surface area (Å²) in [5.41, 5.74) is 0. The average molecular weight is 624 g/mol. The number of carboxylic acid groups (broad SMARTS) is 1. The van der Waals surface area contributed by atoms with Gasteiger partial charge >= 0.3 is 5.97 Å². The average Bonchev–Trinajstić information content (AvgIpc) is 2.95. The number of hydrogen-bond donors (Lipinski definition) is 6. The third kappa shape index (κ3) is 23.9. The van der Waals surface area contributed by atoms with Gasteiger partial charge < -0.3 is 45.3 Å². The number of rotatable bonds is 29. The van der Waals surface area contributed by atoms with E-state index in [0.717, 1.165) is 12.8 Å². The number of carbonyl (C=O) groups excluding carboxylic acids is 5. The van der Waals surface area contributed by atoms with Gasteiger partial charge in [0.2, 0.25) is 24.1 Å². The van der Waals surface area contributed by atoms with Crippen LogP contribution in [0.25, 0.3) is 0 Å². The second kappa shape index (κ2) is 27.1. The standard InChI is InChI=1S/C25H46N5O11P/c1-19(32)20(30-42)4-2-3-7-26-23(34)16-40-14-13-39-11-9-28-24(35)17-41-15-12-38-10-8-27-22(33)6-5-21(25(36)37)29-18-31/h18,20-21,30H,2-17,42H2,1H3,(H,26,34)(H,27,33)(H,28,35)(H,29,31)(H,36,37)/t20-,21-/m0/s1. The molecule has 1 unspecified atom stereocenters. The monoisotopic (exact) mass is 623 g/mol. The fourth-order valence-corrected chi connectivity index (χ4v) is 3.63. The van der Waals surface area contributed by atoms with E-state index in [1.807, 2.05) is 0 Å². The first-order valence-electron chi connectivity index (χ1n) is 13.7. The molecule has 0 saturated heterocycles. The summed E-state index contributed by atoms with van der Waals surface area (Å²) in [5, 5.41) is 21.8. The Bertz CT molecular complexity index is 807. The van der Waals surface area contributed by atoms with Crippen molar-refractivity contribution in [2.45, 2.75) is 51.1 Å². The SMILES string of the molecule is CC(=O)[C@H](CCCCNC(=O)COCCOCCNC(=O)COCCOCCNC(=O)CC[C@H](NC=O)C(=O)O)NP. The van der Waals surface area contributed by atoms with Crippen LogP contribution in [0.15, 0.2) is 0 Å². The van der Waals surface area contributed by atoms with Crippen LogP contribution in [0.5, 0.6) is 0 Å². The Morgan fingerprint density at radius 2 is 1.24 bits per heavy atom. The molecule has 0 aliphatic carbocycles. The molecular weight excluding hydrogens is 577 g/mol. The Balaban J connectivity index is 3.49. The van der Waals surface area contributed by atoms with E-state index in [4.69, 9.17) is 24.1 Å². The van der Waals surface area contributed by atoms with Gasteiger partial charge in [0.1, 0.15) is 25.0 Å². The minimum Gasteiger partial charge on any atom is -0.480 e. The largest absolute Gasteiger partial charge is 0.480 e. The number of nitrogens with one attached hydrogen (secondary N) is 5. The summed E-state index contributed by atoms with van der Waals surface area (Å²) in [6.07, 6.45) is 2.48. The maximum atomic E-state index is 11.7. The zero-order valence-electron chi connectivity index (χ0n) is 24.2. The van der Waals surface area contributed by atoms with Crippen LogP contribution in [-0.4, -0.2) is 126 Å². The minimum atomic E-state index is -1.21. The van der Waals surface area contributed by atoms with E-state index in [0.29, 0.717) is 13.0 Å². The third-order valence-electron chi connectivity index (χ3n) is 5.51. The molecule has 0 aliphatic heterocycles. The molecule has 0 radical (unpaired) electrons. The Labute approximate surface area is 248 Å². The predicted molar refractivity (Wildman–Crippen MR) is 153 cm³/mol. The molecule has 0 aromatic carbocycles. The maximum Gasteiger partial charge on any atom is 0.326 e. The highest BCUT2D eigenvalue weighted by Gasteiger charge is 2.17. The number of aliphatic carboxylic acids is 1. The van der Waals surface area contributed by atoms with Gasteiger partial charge in [-0.25, -0.2) is 4.79 Å². The van der Waals surface area contributed by atoms with Gasteiger partial charge in [-0.05, 0) is 32.6 Å². The summed E-state index contributed by atoms with van der Waals surface area (Å²) in [6, 6.07) is -1.30. The van der Waals surface area contributed by atoms with Crippen molar-refractivity contribution in [1.29, 1.82) is 0 Å². The van der Waals surface area contributed by atoms with Gasteiger partial charge in [0, 0.05) is 26.1 Å². The molecule has 16 nitrogen and oxygen atoms in total. The Kier molecular flexibility index (Phi) is 25.3. The summed E-state index contributed by atoms with van der Waals surface area (Å²) in [7, 11) is 2.34. The molecule has 4 amide bonds. The van der Waals surface area contributed by atoms with E-state index in [-0.39, 0.29) is 115 Å². The molecule has 0 saturated carbocycles. The molecule has 17 heteroatoms. The molecule has 3 atom stereocenters. The number of carbonyl (C=O) groups is 6. The summed E-state index contributed by atoms with van der Waals surface area (Å²) in [4.78, 5) is 67.7. The first-order valence-corrected chi connectivity index (χ1v) is 14.3. The smallest absolute Gasteiger partial charge is 0.326 e. The Hall–Kier alpha value is -2.75.